The van der Waals surface area contributed by atoms with E-state index in [9.17, 15) is 4.79 Å². The van der Waals surface area contributed by atoms with Gasteiger partial charge in [-0.2, -0.15) is 0 Å². The first kappa shape index (κ1) is 16.0. The van der Waals surface area contributed by atoms with E-state index in [1.807, 2.05) is 12.1 Å². The molecule has 1 amide bonds. The van der Waals surface area contributed by atoms with Crippen LogP contribution in [0.25, 0.3) is 0 Å². The first-order chi connectivity index (χ1) is 10.1. The minimum Gasteiger partial charge on any atom is -0.465 e. The van der Waals surface area contributed by atoms with Crippen molar-refractivity contribution in [2.75, 3.05) is 31.6 Å². The molecule has 0 spiro atoms. The second-order valence-corrected chi connectivity index (χ2v) is 6.19. The summed E-state index contributed by atoms with van der Waals surface area (Å²) in [5.41, 5.74) is 8.03. The van der Waals surface area contributed by atoms with Crippen LogP contribution in [-0.4, -0.2) is 48.0 Å². The Balaban J connectivity index is 1.76. The van der Waals surface area contributed by atoms with Crippen molar-refractivity contribution < 1.29 is 9.90 Å². The summed E-state index contributed by atoms with van der Waals surface area (Å²) in [6, 6.07) is 6.56. The fraction of sp³-hybridized carbons (Fsp3) is 0.533. The maximum Gasteiger partial charge on any atom is 0.407 e. The lowest BCUT2D eigenvalue weighted by Gasteiger charge is -2.30. The summed E-state index contributed by atoms with van der Waals surface area (Å²) >= 11 is 1.72. The Labute approximate surface area is 129 Å². The molecular weight excluding hydrogens is 286 g/mol. The number of carbonyl (C=O) groups is 1. The molecular formula is C15H23N3O2S. The standard InChI is InChI=1S/C15H23N3O2S/c1-21-13-2-3-14(16)11(10-13)4-7-17-12-5-8-18(9-6-12)15(19)20/h2-3,10,12,17H,4-9,16H2,1H3,(H,19,20). The number of nitrogens with one attached hydrogen (secondary N) is 1. The van der Waals surface area contributed by atoms with E-state index in [0.29, 0.717) is 19.1 Å². The summed E-state index contributed by atoms with van der Waals surface area (Å²) in [5, 5.41) is 12.4. The maximum absolute atomic E-state index is 10.8. The molecule has 0 saturated carbocycles. The van der Waals surface area contributed by atoms with Crippen molar-refractivity contribution in [1.82, 2.24) is 10.2 Å². The van der Waals surface area contributed by atoms with Gasteiger partial charge in [0.1, 0.15) is 0 Å². The Morgan fingerprint density at radius 3 is 2.81 bits per heavy atom. The van der Waals surface area contributed by atoms with Gasteiger partial charge in [0.25, 0.3) is 0 Å². The minimum absolute atomic E-state index is 0.408. The monoisotopic (exact) mass is 309 g/mol. The van der Waals surface area contributed by atoms with Gasteiger partial charge in [0, 0.05) is 29.7 Å². The molecule has 1 heterocycles. The van der Waals surface area contributed by atoms with E-state index in [1.54, 1.807) is 11.8 Å². The second kappa shape index (κ2) is 7.56. The highest BCUT2D eigenvalue weighted by Crippen LogP contribution is 2.21. The average molecular weight is 309 g/mol. The molecule has 0 unspecified atom stereocenters. The van der Waals surface area contributed by atoms with Crippen LogP contribution in [0.1, 0.15) is 18.4 Å². The van der Waals surface area contributed by atoms with E-state index in [-0.39, 0.29) is 0 Å². The molecule has 1 aliphatic heterocycles. The van der Waals surface area contributed by atoms with E-state index in [0.717, 1.165) is 31.5 Å². The summed E-state index contributed by atoms with van der Waals surface area (Å²) in [7, 11) is 0. The van der Waals surface area contributed by atoms with Gasteiger partial charge in [0.2, 0.25) is 0 Å². The molecule has 0 radical (unpaired) electrons. The van der Waals surface area contributed by atoms with Crippen molar-refractivity contribution in [2.24, 2.45) is 0 Å². The first-order valence-electron chi connectivity index (χ1n) is 7.24. The van der Waals surface area contributed by atoms with E-state index in [2.05, 4.69) is 17.6 Å². The van der Waals surface area contributed by atoms with Crippen LogP contribution in [0.5, 0.6) is 0 Å². The molecule has 1 aromatic rings. The van der Waals surface area contributed by atoms with Crippen LogP contribution in [0.15, 0.2) is 23.1 Å². The highest BCUT2D eigenvalue weighted by atomic mass is 32.2. The van der Waals surface area contributed by atoms with Gasteiger partial charge in [-0.3, -0.25) is 0 Å². The predicted molar refractivity (Wildman–Crippen MR) is 87.0 cm³/mol. The largest absolute Gasteiger partial charge is 0.465 e. The number of carboxylic acid groups (broad SMARTS) is 1. The number of benzene rings is 1. The molecule has 1 saturated heterocycles. The Morgan fingerprint density at radius 1 is 1.48 bits per heavy atom. The van der Waals surface area contributed by atoms with Crippen molar-refractivity contribution in [3.8, 4) is 0 Å². The SMILES string of the molecule is CSc1ccc(N)c(CCNC2CCN(C(=O)O)CC2)c1. The summed E-state index contributed by atoms with van der Waals surface area (Å²) in [5.74, 6) is 0. The maximum atomic E-state index is 10.8. The zero-order chi connectivity index (χ0) is 15.2. The van der Waals surface area contributed by atoms with Crippen molar-refractivity contribution >= 4 is 23.5 Å². The van der Waals surface area contributed by atoms with Gasteiger partial charge in [-0.25, -0.2) is 4.79 Å². The number of hydrogen-bond donors (Lipinski definition) is 3. The summed E-state index contributed by atoms with van der Waals surface area (Å²) in [6.07, 6.45) is 3.91. The number of nitrogen functional groups attached to an aromatic ring is 1. The van der Waals surface area contributed by atoms with Gasteiger partial charge in [-0.1, -0.05) is 0 Å². The molecule has 21 heavy (non-hydrogen) atoms. The van der Waals surface area contributed by atoms with Gasteiger partial charge in [-0.15, -0.1) is 11.8 Å². The van der Waals surface area contributed by atoms with E-state index in [4.69, 9.17) is 10.8 Å². The number of amides is 1. The molecule has 2 rings (SSSR count). The van der Waals surface area contributed by atoms with Crippen LogP contribution in [-0.2, 0) is 6.42 Å². The van der Waals surface area contributed by atoms with E-state index >= 15 is 0 Å². The molecule has 0 aromatic heterocycles. The Morgan fingerprint density at radius 2 is 2.19 bits per heavy atom. The molecule has 0 bridgehead atoms. The smallest absolute Gasteiger partial charge is 0.407 e. The van der Waals surface area contributed by atoms with Gasteiger partial charge in [0.15, 0.2) is 0 Å². The lowest BCUT2D eigenvalue weighted by Crippen LogP contribution is -2.44. The molecule has 5 nitrogen and oxygen atoms in total. The van der Waals surface area contributed by atoms with Gasteiger partial charge >= 0.3 is 6.09 Å². The lowest BCUT2D eigenvalue weighted by molar-refractivity contribution is 0.129. The molecule has 0 aliphatic carbocycles. The Kier molecular flexibility index (Phi) is 5.76. The topological polar surface area (TPSA) is 78.6 Å². The molecule has 1 aromatic carbocycles. The normalized spacial score (nSPS) is 16.1. The molecule has 0 atom stereocenters. The number of piperidine rings is 1. The van der Waals surface area contributed by atoms with Gasteiger partial charge < -0.3 is 21.1 Å². The number of anilines is 1. The lowest BCUT2D eigenvalue weighted by atomic mass is 10.0. The number of hydrogen-bond acceptors (Lipinski definition) is 4. The molecule has 116 valence electrons. The number of rotatable bonds is 5. The van der Waals surface area contributed by atoms with Gasteiger partial charge in [-0.05, 0) is 55.8 Å². The summed E-state index contributed by atoms with van der Waals surface area (Å²) < 4.78 is 0. The van der Waals surface area contributed by atoms with E-state index < -0.39 is 6.09 Å². The highest BCUT2D eigenvalue weighted by Gasteiger charge is 2.21. The fourth-order valence-electron chi connectivity index (χ4n) is 2.61. The highest BCUT2D eigenvalue weighted by molar-refractivity contribution is 7.98. The van der Waals surface area contributed by atoms with E-state index in [1.165, 1.54) is 15.4 Å². The minimum atomic E-state index is -0.810. The van der Waals surface area contributed by atoms with Crippen molar-refractivity contribution in [3.63, 3.8) is 0 Å². The third-order valence-corrected chi connectivity index (χ3v) is 4.67. The second-order valence-electron chi connectivity index (χ2n) is 5.31. The predicted octanol–water partition coefficient (Wildman–Crippen LogP) is 2.27. The quantitative estimate of drug-likeness (QED) is 0.574. The summed E-state index contributed by atoms with van der Waals surface area (Å²) in [4.78, 5) is 13.6. The zero-order valence-corrected chi connectivity index (χ0v) is 13.2. The Bertz CT molecular complexity index is 488. The third-order valence-electron chi connectivity index (χ3n) is 3.94. The number of nitrogens with two attached hydrogens (primary N) is 1. The molecule has 4 N–H and O–H groups in total. The molecule has 1 aliphatic rings. The molecule has 6 heteroatoms. The summed E-state index contributed by atoms with van der Waals surface area (Å²) in [6.45, 7) is 2.12. The van der Waals surface area contributed by atoms with Crippen LogP contribution in [0.3, 0.4) is 0 Å². The average Bonchev–Trinajstić information content (AvgIpc) is 2.49. The van der Waals surface area contributed by atoms with Crippen LogP contribution in [0.2, 0.25) is 0 Å². The number of nitrogens with zero attached hydrogens (tertiary/aromatic N) is 1. The van der Waals surface area contributed by atoms with Crippen molar-refractivity contribution in [2.45, 2.75) is 30.2 Å². The zero-order valence-electron chi connectivity index (χ0n) is 12.3. The van der Waals surface area contributed by atoms with Crippen LogP contribution in [0.4, 0.5) is 10.5 Å². The van der Waals surface area contributed by atoms with Crippen molar-refractivity contribution in [3.05, 3.63) is 23.8 Å². The Hall–Kier alpha value is -1.40. The van der Waals surface area contributed by atoms with Crippen molar-refractivity contribution in [1.29, 1.82) is 0 Å². The van der Waals surface area contributed by atoms with Crippen LogP contribution in [0, 0.1) is 0 Å². The fourth-order valence-corrected chi connectivity index (χ4v) is 3.08. The van der Waals surface area contributed by atoms with Gasteiger partial charge in [0.05, 0.1) is 0 Å². The van der Waals surface area contributed by atoms with Crippen LogP contribution < -0.4 is 11.1 Å². The molecule has 1 fully saturated rings. The number of likely N-dealkylation sites (tertiary alicyclic amines) is 1. The first-order valence-corrected chi connectivity index (χ1v) is 8.46. The third kappa shape index (κ3) is 4.54. The van der Waals surface area contributed by atoms with Crippen LogP contribution >= 0.6 is 11.8 Å². The number of thioether (sulfide) groups is 1.